The van der Waals surface area contributed by atoms with Crippen molar-refractivity contribution in [1.29, 1.82) is 0 Å². The number of hydrogen-bond donors (Lipinski definition) is 7. The van der Waals surface area contributed by atoms with Gasteiger partial charge in [0, 0.05) is 32.0 Å². The van der Waals surface area contributed by atoms with Gasteiger partial charge in [0.1, 0.15) is 49.1 Å². The standard InChI is InChI=1S/C40H64O10S2/c1-36(2,3)25-15-23(16-26(30(25)44)37(4,5)6)51-40(13,14)52-24-17-27(38(7,8)9)34(28(18-24)39(10,11)12)49-20-22(42)21-50-35(48)33(47)32(46)31(45)29(43)19-41/h15-18,22,29,31-33,41-47H,19-21H2,1-14H3. The average molecular weight is 769 g/mol. The molecule has 5 unspecified atom stereocenters. The molecule has 12 heteroatoms. The number of rotatable bonds is 14. The van der Waals surface area contributed by atoms with Crippen molar-refractivity contribution in [3.05, 3.63) is 46.5 Å². The Hall–Kier alpha value is -2.03. The zero-order chi connectivity index (χ0) is 40.4. The summed E-state index contributed by atoms with van der Waals surface area (Å²) in [7, 11) is 0. The third-order valence-electron chi connectivity index (χ3n) is 8.44. The van der Waals surface area contributed by atoms with Crippen molar-refractivity contribution >= 4 is 29.5 Å². The summed E-state index contributed by atoms with van der Waals surface area (Å²) in [6.45, 7) is 27.8. The van der Waals surface area contributed by atoms with Crippen molar-refractivity contribution < 1.29 is 50.0 Å². The molecule has 0 spiro atoms. The van der Waals surface area contributed by atoms with E-state index < -0.39 is 49.7 Å². The highest BCUT2D eigenvalue weighted by atomic mass is 32.2. The van der Waals surface area contributed by atoms with Crippen LogP contribution in [0, 0.1) is 0 Å². The number of phenols is 1. The van der Waals surface area contributed by atoms with Gasteiger partial charge in [0.15, 0.2) is 6.10 Å². The lowest BCUT2D eigenvalue weighted by molar-refractivity contribution is -0.173. The van der Waals surface area contributed by atoms with Crippen LogP contribution in [0.2, 0.25) is 0 Å². The Morgan fingerprint density at radius 3 is 1.38 bits per heavy atom. The van der Waals surface area contributed by atoms with Gasteiger partial charge in [0.2, 0.25) is 0 Å². The quantitative estimate of drug-likeness (QED) is 0.0687. The Kier molecular flexibility index (Phi) is 15.2. The highest BCUT2D eigenvalue weighted by Gasteiger charge is 2.36. The molecule has 52 heavy (non-hydrogen) atoms. The fourth-order valence-corrected chi connectivity index (χ4v) is 8.07. The van der Waals surface area contributed by atoms with Gasteiger partial charge in [-0.05, 0) is 59.8 Å². The molecular formula is C40H64O10S2. The second-order valence-corrected chi connectivity index (χ2v) is 21.7. The highest BCUT2D eigenvalue weighted by Crippen LogP contribution is 2.51. The van der Waals surface area contributed by atoms with E-state index in [4.69, 9.17) is 14.6 Å². The Morgan fingerprint density at radius 1 is 0.635 bits per heavy atom. The SMILES string of the molecule is CC(C)(Sc1cc(C(C)(C)C)c(O)c(C(C)(C)C)c1)Sc1cc(C(C)(C)C)c(OCC(O)COC(=O)C(O)C(O)C(O)C(O)CO)c(C(C)(C)C)c1. The van der Waals surface area contributed by atoms with E-state index in [1.807, 2.05) is 0 Å². The molecular weight excluding hydrogens is 705 g/mol. The molecule has 0 saturated heterocycles. The first-order valence-corrected chi connectivity index (χ1v) is 19.3. The minimum atomic E-state index is -2.22. The van der Waals surface area contributed by atoms with E-state index in [9.17, 15) is 35.4 Å². The van der Waals surface area contributed by atoms with Gasteiger partial charge in [-0.3, -0.25) is 0 Å². The van der Waals surface area contributed by atoms with E-state index in [1.165, 1.54) is 0 Å². The molecule has 0 saturated carbocycles. The monoisotopic (exact) mass is 768 g/mol. The van der Waals surface area contributed by atoms with Crippen LogP contribution >= 0.6 is 23.5 Å². The third-order valence-corrected chi connectivity index (χ3v) is 10.9. The number of ether oxygens (including phenoxy) is 2. The number of hydrogen-bond acceptors (Lipinski definition) is 12. The number of esters is 1. The van der Waals surface area contributed by atoms with Gasteiger partial charge in [-0.25, -0.2) is 4.79 Å². The zero-order valence-corrected chi connectivity index (χ0v) is 35.1. The second-order valence-electron chi connectivity index (χ2n) is 18.1. The first-order valence-electron chi connectivity index (χ1n) is 17.7. The summed E-state index contributed by atoms with van der Waals surface area (Å²) in [5.41, 5.74) is 2.47. The van der Waals surface area contributed by atoms with Crippen LogP contribution < -0.4 is 4.74 Å². The molecule has 0 radical (unpaired) electrons. The molecule has 10 nitrogen and oxygen atoms in total. The molecule has 0 heterocycles. The molecule has 0 bridgehead atoms. The number of aliphatic hydroxyl groups is 6. The van der Waals surface area contributed by atoms with E-state index in [-0.39, 0.29) is 32.3 Å². The van der Waals surface area contributed by atoms with Gasteiger partial charge in [0.25, 0.3) is 0 Å². The molecule has 0 aliphatic rings. The summed E-state index contributed by atoms with van der Waals surface area (Å²) in [6.07, 6.45) is -9.40. The summed E-state index contributed by atoms with van der Waals surface area (Å²) < 4.78 is 10.9. The van der Waals surface area contributed by atoms with E-state index in [1.54, 1.807) is 23.5 Å². The minimum Gasteiger partial charge on any atom is -0.507 e. The molecule has 2 rings (SSSR count). The highest BCUT2D eigenvalue weighted by molar-refractivity contribution is 8.18. The van der Waals surface area contributed by atoms with Crippen LogP contribution in [-0.4, -0.2) is 96.1 Å². The molecule has 0 aliphatic carbocycles. The molecule has 5 atom stereocenters. The third kappa shape index (κ3) is 12.5. The van der Waals surface area contributed by atoms with Crippen molar-refractivity contribution in [2.75, 3.05) is 19.8 Å². The molecule has 0 fully saturated rings. The molecule has 296 valence electrons. The first kappa shape index (κ1) is 46.1. The fourth-order valence-electron chi connectivity index (χ4n) is 5.48. The Morgan fingerprint density at radius 2 is 1.02 bits per heavy atom. The Labute approximate surface area is 319 Å². The number of carbonyl (C=O) groups excluding carboxylic acids is 1. The van der Waals surface area contributed by atoms with E-state index >= 15 is 0 Å². The molecule has 0 aliphatic heterocycles. The minimum absolute atomic E-state index is 0.245. The van der Waals surface area contributed by atoms with Crippen molar-refractivity contribution in [2.24, 2.45) is 0 Å². The summed E-state index contributed by atoms with van der Waals surface area (Å²) in [4.78, 5) is 14.4. The average Bonchev–Trinajstić information content (AvgIpc) is 2.99. The van der Waals surface area contributed by atoms with Crippen molar-refractivity contribution in [1.82, 2.24) is 0 Å². The van der Waals surface area contributed by atoms with E-state index in [0.29, 0.717) is 11.5 Å². The van der Waals surface area contributed by atoms with Crippen molar-refractivity contribution in [2.45, 2.75) is 163 Å². The number of carbonyl (C=O) groups is 1. The molecule has 7 N–H and O–H groups in total. The fraction of sp³-hybridized carbons (Fsp3) is 0.675. The van der Waals surface area contributed by atoms with E-state index in [2.05, 4.69) is 121 Å². The molecule has 2 aromatic carbocycles. The molecule has 0 amide bonds. The number of thioether (sulfide) groups is 2. The lowest BCUT2D eigenvalue weighted by Crippen LogP contribution is -2.49. The van der Waals surface area contributed by atoms with Crippen LogP contribution in [0.5, 0.6) is 11.5 Å². The second kappa shape index (κ2) is 17.2. The molecule has 2 aromatic rings. The predicted octanol–water partition coefficient (Wildman–Crippen LogP) is 5.92. The summed E-state index contributed by atoms with van der Waals surface area (Å²) in [5.74, 6) is -0.357. The number of benzene rings is 2. The molecule has 0 aromatic heterocycles. The van der Waals surface area contributed by atoms with Crippen molar-refractivity contribution in [3.63, 3.8) is 0 Å². The smallest absolute Gasteiger partial charge is 0.337 e. The maximum Gasteiger partial charge on any atom is 0.337 e. The van der Waals surface area contributed by atoms with Crippen LogP contribution in [0.1, 0.15) is 119 Å². The lowest BCUT2D eigenvalue weighted by Gasteiger charge is -2.33. The van der Waals surface area contributed by atoms with Gasteiger partial charge in [-0.15, -0.1) is 23.5 Å². The summed E-state index contributed by atoms with van der Waals surface area (Å²) in [5, 5.41) is 70.3. The number of aliphatic hydroxyl groups excluding tert-OH is 6. The topological polar surface area (TPSA) is 177 Å². The van der Waals surface area contributed by atoms with Crippen LogP contribution in [0.3, 0.4) is 0 Å². The maximum absolute atomic E-state index is 12.3. The number of aromatic hydroxyl groups is 1. The van der Waals surface area contributed by atoms with Crippen molar-refractivity contribution in [3.8, 4) is 11.5 Å². The van der Waals surface area contributed by atoms with Gasteiger partial charge in [-0.1, -0.05) is 83.1 Å². The van der Waals surface area contributed by atoms with Crippen LogP contribution in [0.4, 0.5) is 0 Å². The van der Waals surface area contributed by atoms with Crippen LogP contribution in [0.15, 0.2) is 34.1 Å². The lowest BCUT2D eigenvalue weighted by atomic mass is 9.79. The Bertz CT molecular complexity index is 1440. The maximum atomic E-state index is 12.3. The summed E-state index contributed by atoms with van der Waals surface area (Å²) in [6, 6.07) is 8.44. The largest absolute Gasteiger partial charge is 0.507 e. The first-order chi connectivity index (χ1) is 23.4. The Balaban J connectivity index is 2.40. The van der Waals surface area contributed by atoms with Gasteiger partial charge in [-0.2, -0.15) is 0 Å². The van der Waals surface area contributed by atoms with Gasteiger partial charge in [0.05, 0.1) is 10.7 Å². The van der Waals surface area contributed by atoms with Crippen LogP contribution in [0.25, 0.3) is 0 Å². The van der Waals surface area contributed by atoms with Gasteiger partial charge < -0.3 is 45.2 Å². The van der Waals surface area contributed by atoms with Crippen LogP contribution in [-0.2, 0) is 31.2 Å². The predicted molar refractivity (Wildman–Crippen MR) is 209 cm³/mol. The normalized spacial score (nSPS) is 16.2. The zero-order valence-electron chi connectivity index (χ0n) is 33.5. The summed E-state index contributed by atoms with van der Waals surface area (Å²) >= 11 is 3.48. The van der Waals surface area contributed by atoms with E-state index in [0.717, 1.165) is 32.0 Å². The van der Waals surface area contributed by atoms with Gasteiger partial charge >= 0.3 is 5.97 Å². The number of phenolic OH excluding ortho intramolecular Hbond substituents is 1.